The molecule has 0 N–H and O–H groups in total. The predicted octanol–water partition coefficient (Wildman–Crippen LogP) is 14.1. The summed E-state index contributed by atoms with van der Waals surface area (Å²) in [6.07, 6.45) is 8.43. The topological polar surface area (TPSA) is 49.4 Å². The number of benzene rings is 5. The molecule has 6 rings (SSSR count). The smallest absolute Gasteiger partial charge is 0.155 e. The van der Waals surface area contributed by atoms with Crippen molar-refractivity contribution in [3.05, 3.63) is 225 Å². The van der Waals surface area contributed by atoms with E-state index in [0.29, 0.717) is 0 Å². The van der Waals surface area contributed by atoms with Crippen LogP contribution in [-0.2, 0) is 5.41 Å². The first-order valence-electron chi connectivity index (χ1n) is 20.7. The minimum atomic E-state index is -0.431. The lowest BCUT2D eigenvalue weighted by molar-refractivity contribution is 0.690. The maximum Gasteiger partial charge on any atom is 0.155 e. The Labute approximate surface area is 356 Å². The van der Waals surface area contributed by atoms with Crippen LogP contribution >= 0.6 is 11.3 Å². The van der Waals surface area contributed by atoms with E-state index in [0.717, 1.165) is 63.1 Å². The molecule has 0 aliphatic heterocycles. The molecule has 0 amide bonds. The van der Waals surface area contributed by atoms with Gasteiger partial charge in [0.05, 0.1) is 17.8 Å². The normalized spacial score (nSPS) is 15.3. The van der Waals surface area contributed by atoms with Gasteiger partial charge in [0.15, 0.2) is 11.7 Å². The fourth-order valence-electron chi connectivity index (χ4n) is 7.31. The molecule has 1 aromatic heterocycles. The van der Waals surface area contributed by atoms with Crippen LogP contribution in [0, 0.1) is 0 Å². The molecule has 0 aliphatic rings. The molecule has 0 bridgehead atoms. The summed E-state index contributed by atoms with van der Waals surface area (Å²) in [6, 6.07) is 53.3. The second-order valence-corrected chi connectivity index (χ2v) is 16.0. The lowest BCUT2D eigenvalue weighted by Gasteiger charge is -2.32. The zero-order valence-electron chi connectivity index (χ0n) is 35.5. The quantitative estimate of drug-likeness (QED) is 0.0457. The van der Waals surface area contributed by atoms with Crippen molar-refractivity contribution in [3.63, 3.8) is 0 Å². The number of aliphatic imine (C=N–C) groups is 4. The van der Waals surface area contributed by atoms with E-state index in [4.69, 9.17) is 20.0 Å². The molecule has 0 saturated carbocycles. The van der Waals surface area contributed by atoms with Crippen LogP contribution in [-0.4, -0.2) is 29.1 Å². The first-order chi connectivity index (χ1) is 28.7. The van der Waals surface area contributed by atoms with Crippen molar-refractivity contribution in [2.75, 3.05) is 0 Å². The fraction of sp³-hybridized carbons (Fsp3) is 0.222. The van der Waals surface area contributed by atoms with Gasteiger partial charge in [-0.25, -0.2) is 9.98 Å². The Bertz CT molecular complexity index is 2420. The Morgan fingerprint density at radius 2 is 1.14 bits per heavy atom. The van der Waals surface area contributed by atoms with E-state index in [9.17, 15) is 0 Å². The summed E-state index contributed by atoms with van der Waals surface area (Å²) in [5, 5.41) is 2.08. The van der Waals surface area contributed by atoms with Crippen LogP contribution < -0.4 is 0 Å². The number of hydrogen-bond donors (Lipinski definition) is 0. The van der Waals surface area contributed by atoms with Gasteiger partial charge in [-0.15, -0.1) is 11.3 Å². The van der Waals surface area contributed by atoms with Gasteiger partial charge in [-0.2, -0.15) is 0 Å². The predicted molar refractivity (Wildman–Crippen MR) is 255 cm³/mol. The van der Waals surface area contributed by atoms with E-state index in [-0.39, 0.29) is 12.1 Å². The molecular weight excluding hydrogens is 737 g/mol. The summed E-state index contributed by atoms with van der Waals surface area (Å²) < 4.78 is 0. The van der Waals surface area contributed by atoms with Gasteiger partial charge < -0.3 is 0 Å². The average Bonchev–Trinajstić information content (AvgIpc) is 3.84. The maximum absolute atomic E-state index is 5.30. The van der Waals surface area contributed by atoms with E-state index in [1.807, 2.05) is 24.3 Å². The standard InChI is InChI=1S/C54H56N4S/c1-8-10-22-43(21-9-2)39(3)55-53(56-40(4)44-23-14-11-15-24-44)47-32-36-50(37-33-47)54(7,48-27-18-13-19-28-48)49-34-30-45(31-35-49)41(5)57-52(46-25-16-12-17-26-46)58-42(6)51-29-20-38-59-51/h8,10-20,22-39,41H,9,21H2,1-7H3/b10-8-,43-22+,55-53?,56-40?,57-52?,58-42?. The highest BCUT2D eigenvalue weighted by atomic mass is 32.1. The van der Waals surface area contributed by atoms with E-state index in [1.165, 1.54) is 22.3 Å². The molecule has 0 spiro atoms. The van der Waals surface area contributed by atoms with Crippen LogP contribution in [0.1, 0.15) is 111 Å². The summed E-state index contributed by atoms with van der Waals surface area (Å²) in [5.41, 5.74) is 10.6. The molecule has 59 heavy (non-hydrogen) atoms. The molecule has 1 heterocycles. The summed E-state index contributed by atoms with van der Waals surface area (Å²) in [5.74, 6) is 1.47. The molecule has 0 fully saturated rings. The number of nitrogens with zero attached hydrogens (tertiary/aromatic N) is 4. The van der Waals surface area contributed by atoms with Crippen molar-refractivity contribution in [3.8, 4) is 0 Å². The van der Waals surface area contributed by atoms with Gasteiger partial charge in [-0.1, -0.05) is 177 Å². The number of amidine groups is 2. The van der Waals surface area contributed by atoms with Crippen molar-refractivity contribution in [1.82, 2.24) is 0 Å². The minimum Gasteiger partial charge on any atom is -0.259 e. The number of thiophene rings is 1. The van der Waals surface area contributed by atoms with Gasteiger partial charge in [0.25, 0.3) is 0 Å². The molecule has 3 unspecified atom stereocenters. The van der Waals surface area contributed by atoms with E-state index < -0.39 is 5.41 Å². The Hall–Kier alpha value is -6.04. The first-order valence-corrected chi connectivity index (χ1v) is 21.6. The molecule has 0 aliphatic carbocycles. The van der Waals surface area contributed by atoms with Gasteiger partial charge in [0, 0.05) is 27.1 Å². The van der Waals surface area contributed by atoms with Crippen LogP contribution in [0.15, 0.2) is 201 Å². The van der Waals surface area contributed by atoms with Crippen LogP contribution in [0.2, 0.25) is 0 Å². The van der Waals surface area contributed by atoms with E-state index in [1.54, 1.807) is 11.3 Å². The van der Waals surface area contributed by atoms with Crippen LogP contribution in [0.3, 0.4) is 0 Å². The summed E-state index contributed by atoms with van der Waals surface area (Å²) in [4.78, 5) is 21.9. The third kappa shape index (κ3) is 10.7. The Kier molecular flexibility index (Phi) is 14.9. The molecule has 3 atom stereocenters. The summed E-state index contributed by atoms with van der Waals surface area (Å²) in [7, 11) is 0. The van der Waals surface area contributed by atoms with Gasteiger partial charge in [0.2, 0.25) is 0 Å². The monoisotopic (exact) mass is 792 g/mol. The lowest BCUT2D eigenvalue weighted by Crippen LogP contribution is -2.25. The summed E-state index contributed by atoms with van der Waals surface area (Å²) in [6.45, 7) is 15.0. The molecule has 298 valence electrons. The second-order valence-electron chi connectivity index (χ2n) is 15.1. The highest BCUT2D eigenvalue weighted by molar-refractivity contribution is 7.12. The van der Waals surface area contributed by atoms with Crippen LogP contribution in [0.4, 0.5) is 0 Å². The van der Waals surface area contributed by atoms with Crippen LogP contribution in [0.25, 0.3) is 0 Å². The fourth-order valence-corrected chi connectivity index (χ4v) is 7.98. The van der Waals surface area contributed by atoms with Gasteiger partial charge in [-0.3, -0.25) is 9.98 Å². The van der Waals surface area contributed by atoms with Crippen molar-refractivity contribution in [2.45, 2.75) is 78.8 Å². The molecule has 0 saturated heterocycles. The summed E-state index contributed by atoms with van der Waals surface area (Å²) >= 11 is 1.69. The maximum atomic E-state index is 5.30. The minimum absolute atomic E-state index is 0.0198. The van der Waals surface area contributed by atoms with E-state index in [2.05, 4.69) is 199 Å². The zero-order valence-corrected chi connectivity index (χ0v) is 36.3. The van der Waals surface area contributed by atoms with Crippen molar-refractivity contribution >= 4 is 34.4 Å². The van der Waals surface area contributed by atoms with Crippen LogP contribution in [0.5, 0.6) is 0 Å². The second kappa shape index (κ2) is 20.6. The molecule has 4 nitrogen and oxygen atoms in total. The van der Waals surface area contributed by atoms with Gasteiger partial charge in [-0.05, 0) is 92.8 Å². The number of allylic oxidation sites excluding steroid dienone is 3. The SMILES string of the molecule is C/C=C\C=C(/CCC)C(C)N=C(N=C(C)c1ccccc1)c1ccc(C(C)(c2ccccc2)c2ccc(C(C)N=C(N=C(C)c3cccs3)c3ccccc3)cc2)cc1. The third-order valence-electron chi connectivity index (χ3n) is 10.9. The van der Waals surface area contributed by atoms with Crippen molar-refractivity contribution in [1.29, 1.82) is 0 Å². The molecular formula is C54H56N4S. The molecule has 0 radical (unpaired) electrons. The average molecular weight is 793 g/mol. The first kappa shape index (κ1) is 42.6. The highest BCUT2D eigenvalue weighted by Gasteiger charge is 2.31. The number of rotatable bonds is 14. The third-order valence-corrected chi connectivity index (χ3v) is 11.9. The van der Waals surface area contributed by atoms with Gasteiger partial charge in [0.1, 0.15) is 0 Å². The molecule has 6 aromatic rings. The van der Waals surface area contributed by atoms with Crippen molar-refractivity contribution < 1.29 is 0 Å². The van der Waals surface area contributed by atoms with Gasteiger partial charge >= 0.3 is 0 Å². The molecule has 5 aromatic carbocycles. The van der Waals surface area contributed by atoms with Crippen molar-refractivity contribution in [2.24, 2.45) is 20.0 Å². The Morgan fingerprint density at radius 3 is 1.71 bits per heavy atom. The largest absolute Gasteiger partial charge is 0.259 e. The number of hydrogen-bond acceptors (Lipinski definition) is 3. The highest BCUT2D eigenvalue weighted by Crippen LogP contribution is 2.39. The Morgan fingerprint density at radius 1 is 0.610 bits per heavy atom. The molecule has 5 heteroatoms. The zero-order chi connectivity index (χ0) is 41.6. The lowest BCUT2D eigenvalue weighted by atomic mass is 9.71. The Balaban J connectivity index is 1.37. The van der Waals surface area contributed by atoms with E-state index >= 15 is 0 Å².